The summed E-state index contributed by atoms with van der Waals surface area (Å²) in [5.41, 5.74) is 0.221. The SMILES string of the molecule is CC(C)c1nc(Cl)cc(Oc2ccc(C#N)cc2F)n1. The monoisotopic (exact) mass is 291 g/mol. The van der Waals surface area contributed by atoms with E-state index in [0.717, 1.165) is 6.07 Å². The van der Waals surface area contributed by atoms with Crippen LogP contribution < -0.4 is 4.74 Å². The Balaban J connectivity index is 2.33. The number of nitriles is 1. The average Bonchev–Trinajstić information content (AvgIpc) is 2.40. The molecule has 2 rings (SSSR count). The highest BCUT2D eigenvalue weighted by molar-refractivity contribution is 6.29. The van der Waals surface area contributed by atoms with Crippen LogP contribution in [0.4, 0.5) is 4.39 Å². The summed E-state index contributed by atoms with van der Waals surface area (Å²) in [6.07, 6.45) is 0. The van der Waals surface area contributed by atoms with E-state index in [2.05, 4.69) is 9.97 Å². The molecule has 0 aliphatic heterocycles. The lowest BCUT2D eigenvalue weighted by molar-refractivity contribution is 0.423. The molecule has 0 fully saturated rings. The van der Waals surface area contributed by atoms with Gasteiger partial charge in [0.25, 0.3) is 0 Å². The summed E-state index contributed by atoms with van der Waals surface area (Å²) < 4.78 is 19.1. The quantitative estimate of drug-likeness (QED) is 0.800. The maximum atomic E-state index is 13.7. The van der Waals surface area contributed by atoms with Crippen molar-refractivity contribution in [1.29, 1.82) is 5.26 Å². The van der Waals surface area contributed by atoms with Crippen LogP contribution in [0.1, 0.15) is 31.2 Å². The molecule has 4 nitrogen and oxygen atoms in total. The second-order valence-electron chi connectivity index (χ2n) is 4.40. The summed E-state index contributed by atoms with van der Waals surface area (Å²) in [6, 6.07) is 7.19. The Hall–Kier alpha value is -2.19. The molecule has 0 saturated heterocycles. The van der Waals surface area contributed by atoms with E-state index in [1.807, 2.05) is 19.9 Å². The predicted octanol–water partition coefficient (Wildman–Crippen LogP) is 4.06. The van der Waals surface area contributed by atoms with E-state index in [4.69, 9.17) is 21.6 Å². The van der Waals surface area contributed by atoms with Crippen LogP contribution in [0.25, 0.3) is 0 Å². The topological polar surface area (TPSA) is 58.8 Å². The van der Waals surface area contributed by atoms with E-state index in [0.29, 0.717) is 5.82 Å². The predicted molar refractivity (Wildman–Crippen MR) is 72.3 cm³/mol. The maximum Gasteiger partial charge on any atom is 0.224 e. The van der Waals surface area contributed by atoms with Gasteiger partial charge >= 0.3 is 0 Å². The molecule has 1 heterocycles. The molecule has 0 atom stereocenters. The zero-order valence-electron chi connectivity index (χ0n) is 10.9. The van der Waals surface area contributed by atoms with Crippen LogP contribution in [0.3, 0.4) is 0 Å². The van der Waals surface area contributed by atoms with Gasteiger partial charge < -0.3 is 4.74 Å². The van der Waals surface area contributed by atoms with Crippen LogP contribution in [0.15, 0.2) is 24.3 Å². The first-order valence-corrected chi connectivity index (χ1v) is 6.29. The first kappa shape index (κ1) is 14.2. The number of nitrogens with zero attached hydrogens (tertiary/aromatic N) is 3. The Bertz CT molecular complexity index is 683. The molecule has 0 spiro atoms. The van der Waals surface area contributed by atoms with Crippen LogP contribution in [0.2, 0.25) is 5.15 Å². The Kier molecular flexibility index (Phi) is 4.16. The highest BCUT2D eigenvalue weighted by Crippen LogP contribution is 2.26. The highest BCUT2D eigenvalue weighted by atomic mass is 35.5. The minimum atomic E-state index is -0.634. The third-order valence-corrected chi connectivity index (χ3v) is 2.67. The lowest BCUT2D eigenvalue weighted by atomic mass is 10.2. The summed E-state index contributed by atoms with van der Waals surface area (Å²) in [6.45, 7) is 3.83. The fraction of sp³-hybridized carbons (Fsp3) is 0.214. The van der Waals surface area contributed by atoms with Gasteiger partial charge in [0.2, 0.25) is 5.88 Å². The van der Waals surface area contributed by atoms with Crippen molar-refractivity contribution in [2.24, 2.45) is 0 Å². The molecular weight excluding hydrogens is 281 g/mol. The smallest absolute Gasteiger partial charge is 0.224 e. The molecule has 102 valence electrons. The molecule has 1 aromatic heterocycles. The van der Waals surface area contributed by atoms with Crippen molar-refractivity contribution in [3.8, 4) is 17.7 Å². The van der Waals surface area contributed by atoms with Gasteiger partial charge in [0.05, 0.1) is 11.6 Å². The molecule has 0 radical (unpaired) electrons. The fourth-order valence-corrected chi connectivity index (χ4v) is 1.67. The van der Waals surface area contributed by atoms with Gasteiger partial charge in [0, 0.05) is 12.0 Å². The maximum absolute atomic E-state index is 13.7. The molecule has 0 saturated carbocycles. The number of hydrogen-bond acceptors (Lipinski definition) is 4. The highest BCUT2D eigenvalue weighted by Gasteiger charge is 2.11. The molecule has 6 heteroatoms. The van der Waals surface area contributed by atoms with E-state index in [1.54, 1.807) is 0 Å². The van der Waals surface area contributed by atoms with E-state index in [1.165, 1.54) is 18.2 Å². The first-order valence-electron chi connectivity index (χ1n) is 5.91. The molecule has 1 aromatic carbocycles. The second kappa shape index (κ2) is 5.85. The van der Waals surface area contributed by atoms with Gasteiger partial charge in [-0.2, -0.15) is 10.2 Å². The van der Waals surface area contributed by atoms with Gasteiger partial charge in [-0.25, -0.2) is 9.37 Å². The van der Waals surface area contributed by atoms with Gasteiger partial charge in [-0.05, 0) is 18.2 Å². The van der Waals surface area contributed by atoms with Gasteiger partial charge in [0.15, 0.2) is 11.6 Å². The van der Waals surface area contributed by atoms with E-state index in [-0.39, 0.29) is 28.3 Å². The van der Waals surface area contributed by atoms with Crippen molar-refractivity contribution in [2.75, 3.05) is 0 Å². The molecule has 0 N–H and O–H groups in total. The number of halogens is 2. The Morgan fingerprint density at radius 2 is 2.05 bits per heavy atom. The standard InChI is InChI=1S/C14H11ClFN3O/c1-8(2)14-18-12(15)6-13(19-14)20-11-4-3-9(7-17)5-10(11)16/h3-6,8H,1-2H3. The van der Waals surface area contributed by atoms with Crippen LogP contribution >= 0.6 is 11.6 Å². The van der Waals surface area contributed by atoms with E-state index in [9.17, 15) is 4.39 Å². The summed E-state index contributed by atoms with van der Waals surface area (Å²) in [4.78, 5) is 8.22. The van der Waals surface area contributed by atoms with Crippen LogP contribution in [0.5, 0.6) is 11.6 Å². The van der Waals surface area contributed by atoms with Gasteiger partial charge in [-0.1, -0.05) is 25.4 Å². The number of benzene rings is 1. The largest absolute Gasteiger partial charge is 0.436 e. The number of aromatic nitrogens is 2. The first-order chi connectivity index (χ1) is 9.49. The third-order valence-electron chi connectivity index (χ3n) is 2.48. The van der Waals surface area contributed by atoms with Crippen molar-refractivity contribution in [3.63, 3.8) is 0 Å². The fourth-order valence-electron chi connectivity index (χ4n) is 1.49. The van der Waals surface area contributed by atoms with Crippen LogP contribution in [0, 0.1) is 17.1 Å². The number of ether oxygens (including phenoxy) is 1. The minimum Gasteiger partial charge on any atom is -0.436 e. The van der Waals surface area contributed by atoms with Crippen molar-refractivity contribution in [2.45, 2.75) is 19.8 Å². The number of rotatable bonds is 3. The van der Waals surface area contributed by atoms with Crippen molar-refractivity contribution in [1.82, 2.24) is 9.97 Å². The normalized spacial score (nSPS) is 10.4. The molecular formula is C14H11ClFN3O. The van der Waals surface area contributed by atoms with Crippen molar-refractivity contribution < 1.29 is 9.13 Å². The molecule has 2 aromatic rings. The van der Waals surface area contributed by atoms with Gasteiger partial charge in [-0.3, -0.25) is 0 Å². The van der Waals surface area contributed by atoms with Crippen molar-refractivity contribution in [3.05, 3.63) is 46.6 Å². The Labute approximate surface area is 120 Å². The van der Waals surface area contributed by atoms with Gasteiger partial charge in [0.1, 0.15) is 11.0 Å². The lowest BCUT2D eigenvalue weighted by Crippen LogP contribution is -2.00. The van der Waals surface area contributed by atoms with E-state index < -0.39 is 5.82 Å². The Morgan fingerprint density at radius 3 is 2.65 bits per heavy atom. The molecule has 0 aliphatic carbocycles. The van der Waals surface area contributed by atoms with Crippen LogP contribution in [-0.4, -0.2) is 9.97 Å². The average molecular weight is 292 g/mol. The van der Waals surface area contributed by atoms with Gasteiger partial charge in [-0.15, -0.1) is 0 Å². The third kappa shape index (κ3) is 3.22. The summed E-state index contributed by atoms with van der Waals surface area (Å²) in [7, 11) is 0. The number of hydrogen-bond donors (Lipinski definition) is 0. The lowest BCUT2D eigenvalue weighted by Gasteiger charge is -2.09. The van der Waals surface area contributed by atoms with Crippen LogP contribution in [-0.2, 0) is 0 Å². The molecule has 0 amide bonds. The molecule has 0 unspecified atom stereocenters. The molecule has 0 bridgehead atoms. The zero-order valence-corrected chi connectivity index (χ0v) is 11.6. The van der Waals surface area contributed by atoms with Crippen molar-refractivity contribution >= 4 is 11.6 Å². The summed E-state index contributed by atoms with van der Waals surface area (Å²) in [5, 5.41) is 8.91. The Morgan fingerprint density at radius 1 is 1.30 bits per heavy atom. The summed E-state index contributed by atoms with van der Waals surface area (Å²) in [5.74, 6) is 0.0964. The molecule has 20 heavy (non-hydrogen) atoms. The van der Waals surface area contributed by atoms with E-state index >= 15 is 0 Å². The second-order valence-corrected chi connectivity index (χ2v) is 4.79. The zero-order chi connectivity index (χ0) is 14.7. The molecule has 0 aliphatic rings. The minimum absolute atomic E-state index is 0.0199. The summed E-state index contributed by atoms with van der Waals surface area (Å²) >= 11 is 5.88.